The molecule has 0 bridgehead atoms. The number of carbonyl (C=O) groups excluding carboxylic acids is 2. The van der Waals surface area contributed by atoms with Gasteiger partial charge in [-0.25, -0.2) is 9.37 Å². The molecular weight excluding hydrogens is 445 g/mol. The summed E-state index contributed by atoms with van der Waals surface area (Å²) in [5, 5.41) is 8.81. The molecule has 0 radical (unpaired) electrons. The van der Waals surface area contributed by atoms with Gasteiger partial charge in [0.1, 0.15) is 5.82 Å². The second kappa shape index (κ2) is 10.3. The third kappa shape index (κ3) is 5.46. The number of carbonyl (C=O) groups is 2. The summed E-state index contributed by atoms with van der Waals surface area (Å²) < 4.78 is 13.2. The maximum absolute atomic E-state index is 13.2. The van der Waals surface area contributed by atoms with Crippen molar-refractivity contribution in [3.63, 3.8) is 0 Å². The maximum Gasteiger partial charge on any atom is 0.252 e. The van der Waals surface area contributed by atoms with E-state index in [1.807, 2.05) is 41.1 Å². The molecule has 1 N–H and O–H groups in total. The van der Waals surface area contributed by atoms with E-state index in [1.54, 1.807) is 28.5 Å². The number of nitrogens with one attached hydrogen (secondary N) is 1. The highest BCUT2D eigenvalue weighted by molar-refractivity contribution is 7.14. The second-order valence-electron chi connectivity index (χ2n) is 7.01. The Morgan fingerprint density at radius 2 is 1.78 bits per heavy atom. The summed E-state index contributed by atoms with van der Waals surface area (Å²) in [6.45, 7) is 0.601. The summed E-state index contributed by atoms with van der Waals surface area (Å²) in [4.78, 5) is 31.5. The fourth-order valence-corrected chi connectivity index (χ4v) is 4.57. The topological polar surface area (TPSA) is 62.3 Å². The van der Waals surface area contributed by atoms with E-state index >= 15 is 0 Å². The average molecular weight is 466 g/mol. The van der Waals surface area contributed by atoms with Crippen LogP contribution in [-0.2, 0) is 11.3 Å². The van der Waals surface area contributed by atoms with E-state index in [2.05, 4.69) is 10.3 Å². The lowest BCUT2D eigenvalue weighted by Crippen LogP contribution is -2.34. The lowest BCUT2D eigenvalue weighted by Gasteiger charge is -2.20. The van der Waals surface area contributed by atoms with Crippen LogP contribution in [0.3, 0.4) is 0 Å². The van der Waals surface area contributed by atoms with Crippen molar-refractivity contribution in [1.29, 1.82) is 0 Å². The van der Waals surface area contributed by atoms with E-state index in [0.29, 0.717) is 22.9 Å². The van der Waals surface area contributed by atoms with Crippen LogP contribution in [0.25, 0.3) is 11.3 Å². The number of nitrogens with zero attached hydrogens (tertiary/aromatic N) is 2. The third-order valence-electron chi connectivity index (χ3n) is 4.76. The molecule has 0 fully saturated rings. The quantitative estimate of drug-likeness (QED) is 0.381. The maximum atomic E-state index is 13.2. The predicted molar refractivity (Wildman–Crippen MR) is 126 cm³/mol. The molecule has 2 amide bonds. The minimum Gasteiger partial charge on any atom is -0.351 e. The lowest BCUT2D eigenvalue weighted by molar-refractivity contribution is -0.118. The SMILES string of the molecule is O=C(NCCC(=O)N(Cc1ccccc1)c1nc(-c2ccc(F)cc2)cs1)c1ccsc1. The van der Waals surface area contributed by atoms with E-state index in [-0.39, 0.29) is 30.6 Å². The summed E-state index contributed by atoms with van der Waals surface area (Å²) in [5.41, 5.74) is 3.03. The number of hydrogen-bond acceptors (Lipinski definition) is 5. The number of anilines is 1. The van der Waals surface area contributed by atoms with Crippen molar-refractivity contribution in [2.24, 2.45) is 0 Å². The van der Waals surface area contributed by atoms with Crippen molar-refractivity contribution < 1.29 is 14.0 Å². The third-order valence-corrected chi connectivity index (χ3v) is 6.30. The monoisotopic (exact) mass is 465 g/mol. The molecule has 0 aliphatic carbocycles. The van der Waals surface area contributed by atoms with Gasteiger partial charge in [0.15, 0.2) is 5.13 Å². The molecule has 0 atom stereocenters. The Labute approximate surface area is 193 Å². The van der Waals surface area contributed by atoms with E-state index in [0.717, 1.165) is 11.1 Å². The van der Waals surface area contributed by atoms with Crippen LogP contribution in [0.4, 0.5) is 9.52 Å². The summed E-state index contributed by atoms with van der Waals surface area (Å²) in [7, 11) is 0. The van der Waals surface area contributed by atoms with Crippen molar-refractivity contribution in [3.05, 3.63) is 93.7 Å². The summed E-state index contributed by atoms with van der Waals surface area (Å²) in [6.07, 6.45) is 0.147. The molecule has 8 heteroatoms. The summed E-state index contributed by atoms with van der Waals surface area (Å²) >= 11 is 2.80. The van der Waals surface area contributed by atoms with Crippen molar-refractivity contribution in [2.75, 3.05) is 11.4 Å². The second-order valence-corrected chi connectivity index (χ2v) is 8.62. The van der Waals surface area contributed by atoms with E-state index in [1.165, 1.54) is 34.8 Å². The summed E-state index contributed by atoms with van der Waals surface area (Å²) in [6, 6.07) is 17.5. The van der Waals surface area contributed by atoms with Gasteiger partial charge in [-0.15, -0.1) is 11.3 Å². The first-order valence-corrected chi connectivity index (χ1v) is 11.8. The first-order valence-electron chi connectivity index (χ1n) is 9.96. The van der Waals surface area contributed by atoms with Crippen LogP contribution in [-0.4, -0.2) is 23.3 Å². The molecule has 0 unspecified atom stereocenters. The molecule has 4 rings (SSSR count). The largest absolute Gasteiger partial charge is 0.351 e. The molecule has 32 heavy (non-hydrogen) atoms. The van der Waals surface area contributed by atoms with Gasteiger partial charge in [0.2, 0.25) is 5.91 Å². The van der Waals surface area contributed by atoms with Gasteiger partial charge in [-0.1, -0.05) is 30.3 Å². The number of aromatic nitrogens is 1. The van der Waals surface area contributed by atoms with Gasteiger partial charge in [-0.3, -0.25) is 14.5 Å². The van der Waals surface area contributed by atoms with Gasteiger partial charge in [0, 0.05) is 34.9 Å². The van der Waals surface area contributed by atoms with Gasteiger partial charge in [0.25, 0.3) is 5.91 Å². The fraction of sp³-hybridized carbons (Fsp3) is 0.125. The molecular formula is C24H20FN3O2S2. The van der Waals surface area contributed by atoms with E-state index in [4.69, 9.17) is 0 Å². The van der Waals surface area contributed by atoms with Crippen LogP contribution < -0.4 is 10.2 Å². The minimum atomic E-state index is -0.311. The number of thiazole rings is 1. The predicted octanol–water partition coefficient (Wildman–Crippen LogP) is 5.36. The van der Waals surface area contributed by atoms with Crippen LogP contribution in [0, 0.1) is 5.82 Å². The number of halogens is 1. The van der Waals surface area contributed by atoms with Crippen molar-refractivity contribution in [3.8, 4) is 11.3 Å². The normalized spacial score (nSPS) is 10.7. The van der Waals surface area contributed by atoms with Gasteiger partial charge >= 0.3 is 0 Å². The highest BCUT2D eigenvalue weighted by Gasteiger charge is 2.20. The Morgan fingerprint density at radius 3 is 2.50 bits per heavy atom. The molecule has 2 heterocycles. The minimum absolute atomic E-state index is 0.139. The van der Waals surface area contributed by atoms with Crippen molar-refractivity contribution in [1.82, 2.24) is 10.3 Å². The van der Waals surface area contributed by atoms with Crippen LogP contribution in [0.1, 0.15) is 22.3 Å². The van der Waals surface area contributed by atoms with Crippen molar-refractivity contribution >= 4 is 39.6 Å². The van der Waals surface area contributed by atoms with Crippen molar-refractivity contribution in [2.45, 2.75) is 13.0 Å². The number of rotatable bonds is 8. The average Bonchev–Trinajstić information content (AvgIpc) is 3.51. The van der Waals surface area contributed by atoms with Gasteiger partial charge in [-0.2, -0.15) is 11.3 Å². The van der Waals surface area contributed by atoms with Gasteiger partial charge in [0.05, 0.1) is 12.2 Å². The molecule has 0 saturated carbocycles. The molecule has 162 valence electrons. The Morgan fingerprint density at radius 1 is 1.00 bits per heavy atom. The van der Waals surface area contributed by atoms with Crippen LogP contribution >= 0.6 is 22.7 Å². The first kappa shape index (κ1) is 21.9. The molecule has 0 aliphatic rings. The number of thiophene rings is 1. The van der Waals surface area contributed by atoms with Gasteiger partial charge in [-0.05, 0) is 41.3 Å². The fourth-order valence-electron chi connectivity index (χ4n) is 3.08. The van der Waals surface area contributed by atoms with E-state index < -0.39 is 0 Å². The Hall–Kier alpha value is -3.36. The zero-order chi connectivity index (χ0) is 22.3. The number of benzene rings is 2. The molecule has 2 aromatic heterocycles. The smallest absolute Gasteiger partial charge is 0.252 e. The molecule has 0 spiro atoms. The first-order chi connectivity index (χ1) is 15.6. The molecule has 0 saturated heterocycles. The Bertz CT molecular complexity index is 1180. The Kier molecular flexibility index (Phi) is 7.03. The number of amides is 2. The highest BCUT2D eigenvalue weighted by Crippen LogP contribution is 2.29. The molecule has 0 aliphatic heterocycles. The Balaban J connectivity index is 1.49. The zero-order valence-corrected chi connectivity index (χ0v) is 18.7. The van der Waals surface area contributed by atoms with Crippen LogP contribution in [0.5, 0.6) is 0 Å². The molecule has 4 aromatic rings. The van der Waals surface area contributed by atoms with Gasteiger partial charge < -0.3 is 5.32 Å². The molecule has 2 aromatic carbocycles. The van der Waals surface area contributed by atoms with E-state index in [9.17, 15) is 14.0 Å². The number of hydrogen-bond donors (Lipinski definition) is 1. The standard InChI is InChI=1S/C24H20FN3O2S2/c25-20-8-6-18(7-9-20)21-16-32-24(27-21)28(14-17-4-2-1-3-5-17)22(29)10-12-26-23(30)19-11-13-31-15-19/h1-9,11,13,15-16H,10,12,14H2,(H,26,30). The van der Waals surface area contributed by atoms with Crippen LogP contribution in [0.15, 0.2) is 76.8 Å². The van der Waals surface area contributed by atoms with Crippen LogP contribution in [0.2, 0.25) is 0 Å². The highest BCUT2D eigenvalue weighted by atomic mass is 32.1. The summed E-state index contributed by atoms with van der Waals surface area (Å²) in [5.74, 6) is -0.643. The molecule has 5 nitrogen and oxygen atoms in total. The zero-order valence-electron chi connectivity index (χ0n) is 17.0. The lowest BCUT2D eigenvalue weighted by atomic mass is 10.2.